The van der Waals surface area contributed by atoms with Gasteiger partial charge in [-0.1, -0.05) is 6.07 Å². The van der Waals surface area contributed by atoms with E-state index in [9.17, 15) is 4.79 Å². The van der Waals surface area contributed by atoms with Crippen molar-refractivity contribution in [1.82, 2.24) is 9.47 Å². The third-order valence-corrected chi connectivity index (χ3v) is 4.35. The summed E-state index contributed by atoms with van der Waals surface area (Å²) in [7, 11) is 3.92. The van der Waals surface area contributed by atoms with Crippen LogP contribution in [0.15, 0.2) is 35.8 Å². The number of Topliss-reactive ketones (excluding diaryl/α,β-unsaturated/α-hetero) is 1. The van der Waals surface area contributed by atoms with Crippen LogP contribution in [-0.2, 0) is 13.5 Å². The molecule has 19 heavy (non-hydrogen) atoms. The van der Waals surface area contributed by atoms with Crippen molar-refractivity contribution in [3.8, 4) is 0 Å². The summed E-state index contributed by atoms with van der Waals surface area (Å²) >= 11 is 1.77. The van der Waals surface area contributed by atoms with Crippen LogP contribution in [0, 0.1) is 0 Å². The van der Waals surface area contributed by atoms with Gasteiger partial charge in [-0.05, 0) is 44.0 Å². The van der Waals surface area contributed by atoms with E-state index in [1.165, 1.54) is 4.88 Å². The van der Waals surface area contributed by atoms with Gasteiger partial charge in [0.05, 0.1) is 12.2 Å². The van der Waals surface area contributed by atoms with Crippen LogP contribution in [0.1, 0.15) is 22.3 Å². The lowest BCUT2D eigenvalue weighted by Gasteiger charge is -2.23. The maximum Gasteiger partial charge on any atom is 0.193 e. The highest BCUT2D eigenvalue weighted by Crippen LogP contribution is 2.14. The minimum atomic E-state index is 0.174. The number of likely N-dealkylation sites (N-methyl/N-ethyl adjacent to an activating group) is 1. The summed E-state index contributed by atoms with van der Waals surface area (Å²) in [6, 6.07) is 8.36. The van der Waals surface area contributed by atoms with Crippen molar-refractivity contribution < 1.29 is 4.79 Å². The van der Waals surface area contributed by atoms with Crippen LogP contribution in [-0.4, -0.2) is 34.9 Å². The molecule has 2 heterocycles. The first-order chi connectivity index (χ1) is 9.08. The molecular weight excluding hydrogens is 256 g/mol. The largest absolute Gasteiger partial charge is 0.348 e. The molecule has 0 radical (unpaired) electrons. The number of ketones is 1. The van der Waals surface area contributed by atoms with Gasteiger partial charge in [-0.25, -0.2) is 0 Å². The Labute approximate surface area is 118 Å². The molecule has 4 heteroatoms. The highest BCUT2D eigenvalue weighted by Gasteiger charge is 2.16. The fourth-order valence-electron chi connectivity index (χ4n) is 2.09. The molecule has 0 bridgehead atoms. The van der Waals surface area contributed by atoms with Crippen LogP contribution >= 0.6 is 11.3 Å². The van der Waals surface area contributed by atoms with E-state index >= 15 is 0 Å². The first-order valence-electron chi connectivity index (χ1n) is 6.45. The zero-order valence-corrected chi connectivity index (χ0v) is 12.5. The van der Waals surface area contributed by atoms with Gasteiger partial charge in [-0.15, -0.1) is 11.3 Å². The molecule has 0 aliphatic heterocycles. The average molecular weight is 276 g/mol. The molecule has 3 nitrogen and oxygen atoms in total. The fourth-order valence-corrected chi connectivity index (χ4v) is 2.92. The molecule has 0 saturated carbocycles. The molecule has 0 amide bonds. The second kappa shape index (κ2) is 6.17. The van der Waals surface area contributed by atoms with Gasteiger partial charge >= 0.3 is 0 Å². The highest BCUT2D eigenvalue weighted by atomic mass is 32.1. The van der Waals surface area contributed by atoms with E-state index in [2.05, 4.69) is 29.3 Å². The van der Waals surface area contributed by atoms with Crippen LogP contribution in [0.2, 0.25) is 0 Å². The van der Waals surface area contributed by atoms with Crippen molar-refractivity contribution in [2.24, 2.45) is 7.05 Å². The Bertz CT molecular complexity index is 530. The second-order valence-corrected chi connectivity index (χ2v) is 6.01. The summed E-state index contributed by atoms with van der Waals surface area (Å²) in [5.74, 6) is 0.174. The molecule has 1 unspecified atom stereocenters. The monoisotopic (exact) mass is 276 g/mol. The molecular formula is C15H20N2OS. The molecule has 102 valence electrons. The van der Waals surface area contributed by atoms with E-state index in [-0.39, 0.29) is 5.78 Å². The number of nitrogens with zero attached hydrogens (tertiary/aromatic N) is 2. The van der Waals surface area contributed by atoms with E-state index in [0.717, 1.165) is 12.1 Å². The minimum absolute atomic E-state index is 0.174. The van der Waals surface area contributed by atoms with Gasteiger partial charge in [0, 0.05) is 24.2 Å². The van der Waals surface area contributed by atoms with Gasteiger partial charge in [0.2, 0.25) is 0 Å². The Morgan fingerprint density at radius 3 is 2.79 bits per heavy atom. The summed E-state index contributed by atoms with van der Waals surface area (Å²) in [4.78, 5) is 15.7. The molecule has 2 aromatic heterocycles. The maximum absolute atomic E-state index is 12.2. The molecule has 0 spiro atoms. The zero-order chi connectivity index (χ0) is 13.8. The number of carbonyl (C=O) groups is 1. The van der Waals surface area contributed by atoms with Crippen molar-refractivity contribution in [2.45, 2.75) is 19.4 Å². The van der Waals surface area contributed by atoms with Crippen LogP contribution in [0.4, 0.5) is 0 Å². The van der Waals surface area contributed by atoms with E-state index < -0.39 is 0 Å². The van der Waals surface area contributed by atoms with Gasteiger partial charge in [0.15, 0.2) is 5.78 Å². The molecule has 0 saturated heterocycles. The smallest absolute Gasteiger partial charge is 0.193 e. The molecule has 0 aliphatic rings. The van der Waals surface area contributed by atoms with Crippen LogP contribution < -0.4 is 0 Å². The zero-order valence-electron chi connectivity index (χ0n) is 11.7. The summed E-state index contributed by atoms with van der Waals surface area (Å²) in [6.45, 7) is 2.63. The first kappa shape index (κ1) is 14.0. The van der Waals surface area contributed by atoms with Crippen LogP contribution in [0.3, 0.4) is 0 Å². The number of hydrogen-bond donors (Lipinski definition) is 0. The quantitative estimate of drug-likeness (QED) is 0.758. The topological polar surface area (TPSA) is 25.2 Å². The molecule has 0 aliphatic carbocycles. The van der Waals surface area contributed by atoms with Crippen LogP contribution in [0.5, 0.6) is 0 Å². The van der Waals surface area contributed by atoms with Crippen molar-refractivity contribution in [3.05, 3.63) is 46.4 Å². The molecule has 2 rings (SSSR count). The van der Waals surface area contributed by atoms with Crippen molar-refractivity contribution >= 4 is 17.1 Å². The Morgan fingerprint density at radius 1 is 1.42 bits per heavy atom. The van der Waals surface area contributed by atoms with Gasteiger partial charge in [0.1, 0.15) is 0 Å². The van der Waals surface area contributed by atoms with E-state index in [1.54, 1.807) is 11.3 Å². The third-order valence-electron chi connectivity index (χ3n) is 3.45. The predicted molar refractivity (Wildman–Crippen MR) is 79.9 cm³/mol. The van der Waals surface area contributed by atoms with Gasteiger partial charge in [0.25, 0.3) is 0 Å². The maximum atomic E-state index is 12.2. The summed E-state index contributed by atoms with van der Waals surface area (Å²) < 4.78 is 1.88. The Hall–Kier alpha value is -1.39. The lowest BCUT2D eigenvalue weighted by atomic mass is 10.1. The Kier molecular flexibility index (Phi) is 4.56. The molecule has 0 aromatic carbocycles. The van der Waals surface area contributed by atoms with E-state index in [1.807, 2.05) is 37.0 Å². The van der Waals surface area contributed by atoms with Crippen molar-refractivity contribution in [1.29, 1.82) is 0 Å². The molecule has 2 aromatic rings. The Morgan fingerprint density at radius 2 is 2.21 bits per heavy atom. The van der Waals surface area contributed by atoms with Gasteiger partial charge in [-0.2, -0.15) is 0 Å². The minimum Gasteiger partial charge on any atom is -0.348 e. The summed E-state index contributed by atoms with van der Waals surface area (Å²) in [5.41, 5.74) is 0.773. The number of aromatic nitrogens is 1. The predicted octanol–water partition coefficient (Wildman–Crippen LogP) is 2.83. The van der Waals surface area contributed by atoms with Crippen molar-refractivity contribution in [2.75, 3.05) is 13.6 Å². The number of carbonyl (C=O) groups excluding carboxylic acids is 1. The standard InChI is InChI=1S/C15H20N2OS/c1-12(10-13-6-5-9-19-13)17(3)11-15(18)14-7-4-8-16(14)2/h4-9,12H,10-11H2,1-3H3. The van der Waals surface area contributed by atoms with E-state index in [4.69, 9.17) is 0 Å². The summed E-state index contributed by atoms with van der Waals surface area (Å²) in [5, 5.41) is 2.09. The molecule has 0 fully saturated rings. The summed E-state index contributed by atoms with van der Waals surface area (Å²) in [6.07, 6.45) is 2.90. The lowest BCUT2D eigenvalue weighted by Crippen LogP contribution is -2.35. The van der Waals surface area contributed by atoms with E-state index in [0.29, 0.717) is 12.6 Å². The first-order valence-corrected chi connectivity index (χ1v) is 7.33. The van der Waals surface area contributed by atoms with Crippen LogP contribution in [0.25, 0.3) is 0 Å². The second-order valence-electron chi connectivity index (χ2n) is 4.98. The fraction of sp³-hybridized carbons (Fsp3) is 0.400. The van der Waals surface area contributed by atoms with Crippen molar-refractivity contribution in [3.63, 3.8) is 0 Å². The van der Waals surface area contributed by atoms with Gasteiger partial charge < -0.3 is 4.57 Å². The Balaban J connectivity index is 1.91. The third kappa shape index (κ3) is 3.55. The highest BCUT2D eigenvalue weighted by molar-refractivity contribution is 7.09. The average Bonchev–Trinajstić information content (AvgIpc) is 3.00. The molecule has 1 atom stereocenters. The number of hydrogen-bond acceptors (Lipinski definition) is 3. The lowest BCUT2D eigenvalue weighted by molar-refractivity contribution is 0.0916. The van der Waals surface area contributed by atoms with Gasteiger partial charge in [-0.3, -0.25) is 9.69 Å². The number of rotatable bonds is 6. The molecule has 0 N–H and O–H groups in total. The number of aryl methyl sites for hydroxylation is 1. The number of thiophene rings is 1. The normalized spacial score (nSPS) is 12.8. The SMILES string of the molecule is CC(Cc1cccs1)N(C)CC(=O)c1cccn1C.